The number of benzene rings is 4. The molecule has 0 spiro atoms. The molecule has 9 rings (SSSR count). The van der Waals surface area contributed by atoms with Crippen molar-refractivity contribution in [3.05, 3.63) is 146 Å². The van der Waals surface area contributed by atoms with E-state index in [4.69, 9.17) is 19.9 Å². The molecule has 0 bridgehead atoms. The minimum absolute atomic E-state index is 0.767. The Morgan fingerprint density at radius 2 is 1.00 bits per heavy atom. The molecule has 0 amide bonds. The smallest absolute Gasteiger partial charge is 0.168 e. The Hall–Kier alpha value is -6.14. The van der Waals surface area contributed by atoms with E-state index in [-0.39, 0.29) is 0 Å². The third kappa shape index (κ3) is 3.75. The van der Waals surface area contributed by atoms with Crippen LogP contribution in [-0.2, 0) is 0 Å². The lowest BCUT2D eigenvalue weighted by Crippen LogP contribution is -1.99. The first kappa shape index (κ1) is 24.5. The maximum absolute atomic E-state index is 5.34. The van der Waals surface area contributed by atoms with Gasteiger partial charge in [0.15, 0.2) is 11.3 Å². The van der Waals surface area contributed by atoms with Crippen LogP contribution in [0.2, 0.25) is 0 Å². The number of fused-ring (bicyclic) bond motifs is 6. The van der Waals surface area contributed by atoms with Crippen LogP contribution in [-0.4, -0.2) is 29.1 Å². The number of aromatic nitrogens is 6. The van der Waals surface area contributed by atoms with Gasteiger partial charge in [0.2, 0.25) is 0 Å². The Morgan fingerprint density at radius 1 is 0.386 bits per heavy atom. The molecule has 0 N–H and O–H groups in total. The summed E-state index contributed by atoms with van der Waals surface area (Å²) in [6.07, 6.45) is 1.82. The predicted molar refractivity (Wildman–Crippen MR) is 177 cm³/mol. The Morgan fingerprint density at radius 3 is 1.80 bits per heavy atom. The second-order valence-electron chi connectivity index (χ2n) is 10.8. The van der Waals surface area contributed by atoms with Crippen LogP contribution in [0.15, 0.2) is 146 Å². The van der Waals surface area contributed by atoms with E-state index >= 15 is 0 Å². The zero-order valence-electron chi connectivity index (χ0n) is 23.5. The molecular formula is C38H24N6. The summed E-state index contributed by atoms with van der Waals surface area (Å²) in [5.41, 5.74) is 12.1. The SMILES string of the molecule is c1ccc(-c2cccc(-c3ccc(-n4c5cccnc5c5nc6c7ccccc7n(-c7ccccc7)c6nc54)cc3)n2)cc1. The van der Waals surface area contributed by atoms with Crippen LogP contribution in [0.5, 0.6) is 0 Å². The van der Waals surface area contributed by atoms with Gasteiger partial charge < -0.3 is 0 Å². The van der Waals surface area contributed by atoms with E-state index in [0.717, 1.165) is 78.2 Å². The molecule has 9 aromatic rings. The molecule has 0 saturated carbocycles. The molecule has 0 aliphatic rings. The van der Waals surface area contributed by atoms with Crippen molar-refractivity contribution < 1.29 is 0 Å². The van der Waals surface area contributed by atoms with E-state index in [1.54, 1.807) is 0 Å². The second kappa shape index (κ2) is 9.71. The molecule has 0 aliphatic heterocycles. The second-order valence-corrected chi connectivity index (χ2v) is 10.8. The molecule has 0 atom stereocenters. The molecule has 44 heavy (non-hydrogen) atoms. The average Bonchev–Trinajstić information content (AvgIpc) is 3.60. The van der Waals surface area contributed by atoms with Crippen molar-refractivity contribution in [2.75, 3.05) is 0 Å². The van der Waals surface area contributed by atoms with Crippen LogP contribution in [0.25, 0.3) is 78.2 Å². The highest BCUT2D eigenvalue weighted by Gasteiger charge is 2.21. The zero-order chi connectivity index (χ0) is 29.0. The highest BCUT2D eigenvalue weighted by Crippen LogP contribution is 2.35. The fourth-order valence-corrected chi connectivity index (χ4v) is 6.17. The molecule has 6 heteroatoms. The van der Waals surface area contributed by atoms with Crippen LogP contribution in [0, 0.1) is 0 Å². The minimum atomic E-state index is 0.767. The Kier molecular flexibility index (Phi) is 5.40. The molecule has 5 aromatic heterocycles. The summed E-state index contributed by atoms with van der Waals surface area (Å²) in [5.74, 6) is 0. The van der Waals surface area contributed by atoms with Crippen LogP contribution >= 0.6 is 0 Å². The minimum Gasteiger partial charge on any atom is -0.292 e. The lowest BCUT2D eigenvalue weighted by molar-refractivity contribution is 1.10. The monoisotopic (exact) mass is 564 g/mol. The van der Waals surface area contributed by atoms with Gasteiger partial charge in [0.1, 0.15) is 16.6 Å². The Balaban J connectivity index is 1.25. The normalized spacial score (nSPS) is 11.6. The van der Waals surface area contributed by atoms with Crippen LogP contribution < -0.4 is 0 Å². The number of pyridine rings is 2. The zero-order valence-corrected chi connectivity index (χ0v) is 23.5. The van der Waals surface area contributed by atoms with Gasteiger partial charge in [-0.2, -0.15) is 0 Å². The van der Waals surface area contributed by atoms with Crippen molar-refractivity contribution in [3.8, 4) is 33.9 Å². The first-order valence-corrected chi connectivity index (χ1v) is 14.6. The van der Waals surface area contributed by atoms with E-state index < -0.39 is 0 Å². The van der Waals surface area contributed by atoms with E-state index in [0.29, 0.717) is 0 Å². The maximum Gasteiger partial charge on any atom is 0.168 e. The van der Waals surface area contributed by atoms with Crippen LogP contribution in [0.4, 0.5) is 0 Å². The van der Waals surface area contributed by atoms with Crippen molar-refractivity contribution in [3.63, 3.8) is 0 Å². The Bertz CT molecular complexity index is 2480. The molecule has 0 unspecified atom stereocenters. The third-order valence-corrected chi connectivity index (χ3v) is 8.19. The third-order valence-electron chi connectivity index (χ3n) is 8.19. The van der Waals surface area contributed by atoms with Crippen LogP contribution in [0.3, 0.4) is 0 Å². The molecule has 0 saturated heterocycles. The van der Waals surface area contributed by atoms with Crippen molar-refractivity contribution in [1.29, 1.82) is 0 Å². The van der Waals surface area contributed by atoms with Gasteiger partial charge in [-0.05, 0) is 54.6 Å². The van der Waals surface area contributed by atoms with E-state index in [1.165, 1.54) is 0 Å². The predicted octanol–water partition coefficient (Wildman–Crippen LogP) is 8.79. The van der Waals surface area contributed by atoms with Gasteiger partial charge in [0.05, 0.1) is 22.4 Å². The molecule has 4 aromatic carbocycles. The fourth-order valence-electron chi connectivity index (χ4n) is 6.17. The van der Waals surface area contributed by atoms with Crippen molar-refractivity contribution in [2.45, 2.75) is 0 Å². The van der Waals surface area contributed by atoms with E-state index in [2.05, 4.69) is 112 Å². The van der Waals surface area contributed by atoms with Gasteiger partial charge in [-0.25, -0.2) is 15.0 Å². The molecular weight excluding hydrogens is 540 g/mol. The standard InChI is InChI=1S/C38H24N6/c1-3-11-25(12-4-1)30-16-9-17-31(40-30)26-20-22-28(23-21-26)44-33-19-10-24-39-35(33)36-38(44)42-37-34(41-36)29-15-7-8-18-32(29)43(37)27-13-5-2-6-14-27/h1-24H. The largest absolute Gasteiger partial charge is 0.292 e. The summed E-state index contributed by atoms with van der Waals surface area (Å²) >= 11 is 0. The highest BCUT2D eigenvalue weighted by molar-refractivity contribution is 6.11. The van der Waals surface area contributed by atoms with Gasteiger partial charge >= 0.3 is 0 Å². The van der Waals surface area contributed by atoms with Crippen molar-refractivity contribution >= 4 is 44.3 Å². The topological polar surface area (TPSA) is 61.4 Å². The summed E-state index contributed by atoms with van der Waals surface area (Å²) in [4.78, 5) is 20.3. The number of hydrogen-bond acceptors (Lipinski definition) is 4. The lowest BCUT2D eigenvalue weighted by atomic mass is 10.1. The van der Waals surface area contributed by atoms with Gasteiger partial charge in [0, 0.05) is 34.1 Å². The van der Waals surface area contributed by atoms with Gasteiger partial charge in [-0.3, -0.25) is 14.1 Å². The Labute approximate surface area is 252 Å². The van der Waals surface area contributed by atoms with E-state index in [1.807, 2.05) is 42.6 Å². The first-order chi connectivity index (χ1) is 21.8. The number of nitrogens with zero attached hydrogens (tertiary/aromatic N) is 6. The average molecular weight is 565 g/mol. The quantitative estimate of drug-likeness (QED) is 0.214. The highest BCUT2D eigenvalue weighted by atomic mass is 15.1. The first-order valence-electron chi connectivity index (χ1n) is 14.6. The summed E-state index contributed by atoms with van der Waals surface area (Å²) < 4.78 is 4.36. The number of para-hydroxylation sites is 2. The molecule has 206 valence electrons. The summed E-state index contributed by atoms with van der Waals surface area (Å²) in [6.45, 7) is 0. The number of rotatable bonds is 4. The summed E-state index contributed by atoms with van der Waals surface area (Å²) in [6, 6.07) is 47.6. The molecule has 0 fully saturated rings. The molecule has 6 nitrogen and oxygen atoms in total. The fraction of sp³-hybridized carbons (Fsp3) is 0. The summed E-state index contributed by atoms with van der Waals surface area (Å²) in [7, 11) is 0. The summed E-state index contributed by atoms with van der Waals surface area (Å²) in [5, 5.41) is 1.06. The number of hydrogen-bond donors (Lipinski definition) is 0. The van der Waals surface area contributed by atoms with Crippen LogP contribution in [0.1, 0.15) is 0 Å². The molecule has 0 aliphatic carbocycles. The molecule has 0 radical (unpaired) electrons. The maximum atomic E-state index is 5.34. The van der Waals surface area contributed by atoms with Gasteiger partial charge in [-0.1, -0.05) is 84.9 Å². The lowest BCUT2D eigenvalue weighted by Gasteiger charge is -2.10. The van der Waals surface area contributed by atoms with Gasteiger partial charge in [-0.15, -0.1) is 0 Å². The van der Waals surface area contributed by atoms with Gasteiger partial charge in [0.25, 0.3) is 0 Å². The van der Waals surface area contributed by atoms with Crippen molar-refractivity contribution in [1.82, 2.24) is 29.1 Å². The van der Waals surface area contributed by atoms with E-state index in [9.17, 15) is 0 Å². The van der Waals surface area contributed by atoms with Crippen molar-refractivity contribution in [2.24, 2.45) is 0 Å². The molecule has 5 heterocycles.